The smallest absolute Gasteiger partial charge is 0.311 e. The summed E-state index contributed by atoms with van der Waals surface area (Å²) in [6.07, 6.45) is 0.231. The third-order valence-corrected chi connectivity index (χ3v) is 4.02. The fourth-order valence-corrected chi connectivity index (χ4v) is 2.88. The normalized spacial score (nSPS) is 10.4. The van der Waals surface area contributed by atoms with Crippen molar-refractivity contribution in [1.82, 2.24) is 9.97 Å². The molecule has 2 aromatic heterocycles. The third kappa shape index (κ3) is 4.00. The van der Waals surface area contributed by atoms with Gasteiger partial charge in [0.05, 0.1) is 36.5 Å². The molecule has 0 fully saturated rings. The van der Waals surface area contributed by atoms with Gasteiger partial charge in [0.25, 0.3) is 0 Å². The highest BCUT2D eigenvalue weighted by molar-refractivity contribution is 7.13. The van der Waals surface area contributed by atoms with Gasteiger partial charge in [-0.3, -0.25) is 4.79 Å². The Bertz CT molecular complexity index is 525. The molecule has 0 unspecified atom stereocenters. The maximum atomic E-state index is 11.4. The fraction of sp³-hybridized carbons (Fsp3) is 0.417. The van der Waals surface area contributed by atoms with E-state index in [9.17, 15) is 4.79 Å². The number of thiazole rings is 2. The molecule has 0 spiro atoms. The molecule has 0 aliphatic rings. The first-order chi connectivity index (χ1) is 9.19. The van der Waals surface area contributed by atoms with Crippen molar-refractivity contribution in [3.8, 4) is 0 Å². The molecule has 7 heteroatoms. The van der Waals surface area contributed by atoms with Gasteiger partial charge in [-0.2, -0.15) is 0 Å². The summed E-state index contributed by atoms with van der Waals surface area (Å²) in [5, 5.41) is 4.79. The van der Waals surface area contributed by atoms with Crippen LogP contribution in [0.1, 0.15) is 18.3 Å². The van der Waals surface area contributed by atoms with Crippen molar-refractivity contribution in [2.24, 2.45) is 0 Å². The molecule has 0 bridgehead atoms. The maximum absolute atomic E-state index is 11.4. The van der Waals surface area contributed by atoms with E-state index in [-0.39, 0.29) is 12.4 Å². The fourth-order valence-electron chi connectivity index (χ4n) is 1.54. The van der Waals surface area contributed by atoms with Crippen LogP contribution in [0, 0.1) is 0 Å². The number of carbonyl (C=O) groups is 1. The van der Waals surface area contributed by atoms with Crippen molar-refractivity contribution >= 4 is 33.8 Å². The minimum Gasteiger partial charge on any atom is -0.466 e. The lowest BCUT2D eigenvalue weighted by atomic mass is 10.3. The second-order valence-electron chi connectivity index (χ2n) is 3.94. The Labute approximate surface area is 119 Å². The molecule has 0 aliphatic heterocycles. The first-order valence-electron chi connectivity index (χ1n) is 5.87. The monoisotopic (exact) mass is 297 g/mol. The van der Waals surface area contributed by atoms with Crippen LogP contribution >= 0.6 is 22.7 Å². The lowest BCUT2D eigenvalue weighted by Gasteiger charge is -2.13. The summed E-state index contributed by atoms with van der Waals surface area (Å²) in [5.74, 6) is -0.235. The Morgan fingerprint density at radius 1 is 1.42 bits per heavy atom. The van der Waals surface area contributed by atoms with Gasteiger partial charge in [0.1, 0.15) is 0 Å². The van der Waals surface area contributed by atoms with Crippen LogP contribution in [-0.4, -0.2) is 29.6 Å². The molecule has 0 saturated carbocycles. The van der Waals surface area contributed by atoms with E-state index >= 15 is 0 Å². The molecule has 0 amide bonds. The molecule has 0 N–H and O–H groups in total. The van der Waals surface area contributed by atoms with Crippen molar-refractivity contribution in [2.45, 2.75) is 19.9 Å². The minimum atomic E-state index is -0.235. The number of ether oxygens (including phenoxy) is 1. The van der Waals surface area contributed by atoms with Gasteiger partial charge in [0.15, 0.2) is 5.13 Å². The summed E-state index contributed by atoms with van der Waals surface area (Å²) in [7, 11) is 1.96. The first kappa shape index (κ1) is 14.0. The highest BCUT2D eigenvalue weighted by Crippen LogP contribution is 2.21. The van der Waals surface area contributed by atoms with Crippen molar-refractivity contribution in [3.05, 3.63) is 27.7 Å². The van der Waals surface area contributed by atoms with Crippen LogP contribution in [0.3, 0.4) is 0 Å². The third-order valence-electron chi connectivity index (χ3n) is 2.38. The maximum Gasteiger partial charge on any atom is 0.311 e. The summed E-state index contributed by atoms with van der Waals surface area (Å²) in [5.41, 5.74) is 3.59. The Hall–Kier alpha value is -1.47. The average molecular weight is 297 g/mol. The van der Waals surface area contributed by atoms with E-state index in [4.69, 9.17) is 4.74 Å². The van der Waals surface area contributed by atoms with Gasteiger partial charge in [-0.05, 0) is 6.92 Å². The number of anilines is 1. The summed E-state index contributed by atoms with van der Waals surface area (Å²) < 4.78 is 4.90. The number of hydrogen-bond acceptors (Lipinski definition) is 7. The second-order valence-corrected chi connectivity index (χ2v) is 5.49. The van der Waals surface area contributed by atoms with Gasteiger partial charge >= 0.3 is 5.97 Å². The average Bonchev–Trinajstić information content (AvgIpc) is 3.00. The number of hydrogen-bond donors (Lipinski definition) is 0. The van der Waals surface area contributed by atoms with Crippen molar-refractivity contribution < 1.29 is 9.53 Å². The van der Waals surface area contributed by atoms with Crippen LogP contribution in [0.25, 0.3) is 0 Å². The highest BCUT2D eigenvalue weighted by atomic mass is 32.1. The minimum absolute atomic E-state index is 0.231. The number of esters is 1. The van der Waals surface area contributed by atoms with Crippen LogP contribution in [0.4, 0.5) is 5.13 Å². The topological polar surface area (TPSA) is 55.3 Å². The molecule has 19 heavy (non-hydrogen) atoms. The molecule has 0 saturated heterocycles. The van der Waals surface area contributed by atoms with Crippen LogP contribution in [-0.2, 0) is 22.5 Å². The number of rotatable bonds is 6. The molecule has 2 heterocycles. The van der Waals surface area contributed by atoms with Gasteiger partial charge in [-0.1, -0.05) is 0 Å². The van der Waals surface area contributed by atoms with E-state index in [2.05, 4.69) is 9.97 Å². The van der Waals surface area contributed by atoms with E-state index in [0.717, 1.165) is 23.1 Å². The summed E-state index contributed by atoms with van der Waals surface area (Å²) in [4.78, 5) is 22.1. The molecule has 2 rings (SSSR count). The van der Waals surface area contributed by atoms with Crippen LogP contribution in [0.5, 0.6) is 0 Å². The second kappa shape index (κ2) is 6.63. The van der Waals surface area contributed by atoms with Crippen LogP contribution < -0.4 is 4.90 Å². The van der Waals surface area contributed by atoms with E-state index in [0.29, 0.717) is 6.61 Å². The largest absolute Gasteiger partial charge is 0.466 e. The predicted molar refractivity (Wildman–Crippen MR) is 76.7 cm³/mol. The molecule has 0 radical (unpaired) electrons. The van der Waals surface area contributed by atoms with Crippen molar-refractivity contribution in [2.75, 3.05) is 18.6 Å². The highest BCUT2D eigenvalue weighted by Gasteiger charge is 2.11. The molecule has 5 nitrogen and oxygen atoms in total. The molecule has 0 atom stereocenters. The Morgan fingerprint density at radius 2 is 2.26 bits per heavy atom. The lowest BCUT2D eigenvalue weighted by Crippen LogP contribution is -2.16. The zero-order valence-electron chi connectivity index (χ0n) is 10.8. The van der Waals surface area contributed by atoms with Gasteiger partial charge < -0.3 is 9.64 Å². The van der Waals surface area contributed by atoms with Crippen LogP contribution in [0.15, 0.2) is 16.3 Å². The zero-order chi connectivity index (χ0) is 13.7. The molecule has 0 aromatic carbocycles. The molecule has 0 aliphatic carbocycles. The van der Waals surface area contributed by atoms with E-state index in [1.165, 1.54) is 11.3 Å². The standard InChI is InChI=1S/C12H15N3O2S2/c1-3-17-11(16)4-9-7-19-12(14-9)15(2)5-10-6-18-8-13-10/h6-8H,3-5H2,1-2H3. The zero-order valence-corrected chi connectivity index (χ0v) is 12.5. The van der Waals surface area contributed by atoms with Crippen LogP contribution in [0.2, 0.25) is 0 Å². The number of carbonyl (C=O) groups excluding carboxylic acids is 1. The molecular formula is C12H15N3O2S2. The predicted octanol–water partition coefficient (Wildman–Crippen LogP) is 2.34. The summed E-state index contributed by atoms with van der Waals surface area (Å²) >= 11 is 3.10. The quantitative estimate of drug-likeness (QED) is 0.766. The number of nitrogens with zero attached hydrogens (tertiary/aromatic N) is 3. The van der Waals surface area contributed by atoms with E-state index in [1.807, 2.05) is 28.2 Å². The number of aromatic nitrogens is 2. The molecule has 102 valence electrons. The Morgan fingerprint density at radius 3 is 2.95 bits per heavy atom. The lowest BCUT2D eigenvalue weighted by molar-refractivity contribution is -0.142. The van der Waals surface area contributed by atoms with E-state index in [1.54, 1.807) is 18.3 Å². The van der Waals surface area contributed by atoms with Gasteiger partial charge in [-0.15, -0.1) is 22.7 Å². The molecular weight excluding hydrogens is 282 g/mol. The SMILES string of the molecule is CCOC(=O)Cc1csc(N(C)Cc2cscn2)n1. The van der Waals surface area contributed by atoms with E-state index < -0.39 is 0 Å². The summed E-state index contributed by atoms with van der Waals surface area (Å²) in [6.45, 7) is 2.92. The Balaban J connectivity index is 1.94. The van der Waals surface area contributed by atoms with Gasteiger partial charge in [0.2, 0.25) is 0 Å². The summed E-state index contributed by atoms with van der Waals surface area (Å²) in [6, 6.07) is 0. The molecule has 2 aromatic rings. The van der Waals surface area contributed by atoms with Gasteiger partial charge in [-0.25, -0.2) is 9.97 Å². The van der Waals surface area contributed by atoms with Crippen molar-refractivity contribution in [1.29, 1.82) is 0 Å². The van der Waals surface area contributed by atoms with Crippen molar-refractivity contribution in [3.63, 3.8) is 0 Å². The Kier molecular flexibility index (Phi) is 4.86. The first-order valence-corrected chi connectivity index (χ1v) is 7.69. The van der Waals surface area contributed by atoms with Gasteiger partial charge in [0, 0.05) is 17.8 Å².